The molecule has 0 aliphatic carbocycles. The second-order valence-corrected chi connectivity index (χ2v) is 6.72. The van der Waals surface area contributed by atoms with Crippen LogP contribution in [0.4, 0.5) is 5.82 Å². The third kappa shape index (κ3) is 2.39. The maximum Gasteiger partial charge on any atom is 0.140 e. The van der Waals surface area contributed by atoms with Crippen molar-refractivity contribution in [2.45, 2.75) is 19.4 Å². The summed E-state index contributed by atoms with van der Waals surface area (Å²) in [6.45, 7) is 9.15. The molecular weight excluding hydrogens is 270 g/mol. The van der Waals surface area contributed by atoms with Gasteiger partial charge in [-0.25, -0.2) is 9.97 Å². The standard InChI is InChI=1S/C14H21N5S/c1-14(2,9-15)19-6-4-18(5-7-19)12-11-3-8-20-13(11)17-10-16-12/h3,8,10H,4-7,9,15H2,1-2H3. The van der Waals surface area contributed by atoms with E-state index in [2.05, 4.69) is 45.1 Å². The van der Waals surface area contributed by atoms with Crippen LogP contribution in [0, 0.1) is 0 Å². The van der Waals surface area contributed by atoms with E-state index in [0.717, 1.165) is 36.8 Å². The van der Waals surface area contributed by atoms with Gasteiger partial charge in [0.25, 0.3) is 0 Å². The molecule has 0 aromatic carbocycles. The molecule has 0 amide bonds. The van der Waals surface area contributed by atoms with Crippen LogP contribution in [-0.4, -0.2) is 53.1 Å². The van der Waals surface area contributed by atoms with Gasteiger partial charge in [-0.15, -0.1) is 11.3 Å². The third-order valence-corrected chi connectivity index (χ3v) is 5.00. The lowest BCUT2D eigenvalue weighted by Gasteiger charge is -2.43. The van der Waals surface area contributed by atoms with Crippen molar-refractivity contribution < 1.29 is 0 Å². The van der Waals surface area contributed by atoms with E-state index in [1.54, 1.807) is 17.7 Å². The fourth-order valence-electron chi connectivity index (χ4n) is 2.68. The highest BCUT2D eigenvalue weighted by Crippen LogP contribution is 2.28. The first-order valence-corrected chi connectivity index (χ1v) is 7.88. The molecule has 20 heavy (non-hydrogen) atoms. The van der Waals surface area contributed by atoms with Crippen LogP contribution < -0.4 is 10.6 Å². The molecule has 108 valence electrons. The van der Waals surface area contributed by atoms with E-state index in [0.29, 0.717) is 6.54 Å². The van der Waals surface area contributed by atoms with E-state index in [1.807, 2.05) is 0 Å². The normalized spacial score (nSPS) is 17.9. The molecule has 3 rings (SSSR count). The lowest BCUT2D eigenvalue weighted by atomic mass is 10.0. The second kappa shape index (κ2) is 5.27. The molecule has 2 aromatic rings. The predicted molar refractivity (Wildman–Crippen MR) is 84.3 cm³/mol. The summed E-state index contributed by atoms with van der Waals surface area (Å²) >= 11 is 1.67. The average molecular weight is 291 g/mol. The Labute approximate surface area is 123 Å². The Morgan fingerprint density at radius 1 is 1.25 bits per heavy atom. The molecule has 1 aliphatic rings. The summed E-state index contributed by atoms with van der Waals surface area (Å²) < 4.78 is 0. The number of aromatic nitrogens is 2. The molecule has 6 heteroatoms. The van der Waals surface area contributed by atoms with Gasteiger partial charge in [-0.1, -0.05) is 0 Å². The van der Waals surface area contributed by atoms with Gasteiger partial charge in [0.15, 0.2) is 0 Å². The highest BCUT2D eigenvalue weighted by Gasteiger charge is 2.29. The predicted octanol–water partition coefficient (Wildman–Crippen LogP) is 1.55. The molecule has 0 saturated carbocycles. The van der Waals surface area contributed by atoms with Crippen LogP contribution in [0.1, 0.15) is 13.8 Å². The topological polar surface area (TPSA) is 58.3 Å². The Hall–Kier alpha value is -1.24. The molecule has 2 aromatic heterocycles. The number of rotatable bonds is 3. The van der Waals surface area contributed by atoms with Crippen LogP contribution in [0.15, 0.2) is 17.8 Å². The first-order chi connectivity index (χ1) is 9.62. The molecule has 0 unspecified atom stereocenters. The highest BCUT2D eigenvalue weighted by molar-refractivity contribution is 7.16. The zero-order chi connectivity index (χ0) is 14.2. The fourth-order valence-corrected chi connectivity index (χ4v) is 3.41. The van der Waals surface area contributed by atoms with E-state index >= 15 is 0 Å². The Morgan fingerprint density at radius 2 is 2.00 bits per heavy atom. The molecule has 5 nitrogen and oxygen atoms in total. The summed E-state index contributed by atoms with van der Waals surface area (Å²) in [5.74, 6) is 1.07. The third-order valence-electron chi connectivity index (χ3n) is 4.18. The Balaban J connectivity index is 1.77. The average Bonchev–Trinajstić information content (AvgIpc) is 2.95. The van der Waals surface area contributed by atoms with Crippen molar-refractivity contribution in [3.8, 4) is 0 Å². The van der Waals surface area contributed by atoms with Crippen molar-refractivity contribution in [1.82, 2.24) is 14.9 Å². The minimum atomic E-state index is 0.0788. The molecule has 0 spiro atoms. The lowest BCUT2D eigenvalue weighted by Crippen LogP contribution is -2.57. The van der Waals surface area contributed by atoms with Gasteiger partial charge < -0.3 is 10.6 Å². The van der Waals surface area contributed by atoms with Crippen LogP contribution in [0.3, 0.4) is 0 Å². The van der Waals surface area contributed by atoms with Crippen LogP contribution >= 0.6 is 11.3 Å². The smallest absolute Gasteiger partial charge is 0.140 e. The maximum atomic E-state index is 5.87. The molecule has 0 bridgehead atoms. The molecule has 0 radical (unpaired) electrons. The summed E-state index contributed by atoms with van der Waals surface area (Å²) in [4.78, 5) is 14.7. The first kappa shape index (κ1) is 13.7. The monoisotopic (exact) mass is 291 g/mol. The number of nitrogens with zero attached hydrogens (tertiary/aromatic N) is 4. The molecule has 1 aliphatic heterocycles. The van der Waals surface area contributed by atoms with Gasteiger partial charge in [-0.3, -0.25) is 4.90 Å². The van der Waals surface area contributed by atoms with E-state index < -0.39 is 0 Å². The summed E-state index contributed by atoms with van der Waals surface area (Å²) in [6, 6.07) is 2.12. The zero-order valence-electron chi connectivity index (χ0n) is 12.0. The van der Waals surface area contributed by atoms with Gasteiger partial charge in [0.1, 0.15) is 17.0 Å². The van der Waals surface area contributed by atoms with E-state index in [1.165, 1.54) is 5.39 Å². The van der Waals surface area contributed by atoms with E-state index in [-0.39, 0.29) is 5.54 Å². The number of nitrogens with two attached hydrogens (primary N) is 1. The van der Waals surface area contributed by atoms with Crippen molar-refractivity contribution in [2.24, 2.45) is 5.73 Å². The van der Waals surface area contributed by atoms with Gasteiger partial charge in [-0.2, -0.15) is 0 Å². The van der Waals surface area contributed by atoms with Crippen molar-refractivity contribution in [1.29, 1.82) is 0 Å². The Bertz CT molecular complexity index is 586. The summed E-state index contributed by atoms with van der Waals surface area (Å²) in [6.07, 6.45) is 1.67. The molecule has 0 atom stereocenters. The number of fused-ring (bicyclic) bond motifs is 1. The van der Waals surface area contributed by atoms with Gasteiger partial charge in [0, 0.05) is 38.3 Å². The molecular formula is C14H21N5S. The van der Waals surface area contributed by atoms with Crippen molar-refractivity contribution in [2.75, 3.05) is 37.6 Å². The fraction of sp³-hybridized carbons (Fsp3) is 0.571. The van der Waals surface area contributed by atoms with E-state index in [4.69, 9.17) is 5.73 Å². The highest BCUT2D eigenvalue weighted by atomic mass is 32.1. The minimum Gasteiger partial charge on any atom is -0.353 e. The van der Waals surface area contributed by atoms with Gasteiger partial charge >= 0.3 is 0 Å². The van der Waals surface area contributed by atoms with Crippen molar-refractivity contribution in [3.63, 3.8) is 0 Å². The minimum absolute atomic E-state index is 0.0788. The quantitative estimate of drug-likeness (QED) is 0.930. The SMILES string of the molecule is CC(C)(CN)N1CCN(c2ncnc3sccc23)CC1. The van der Waals surface area contributed by atoms with Crippen LogP contribution in [-0.2, 0) is 0 Å². The summed E-state index contributed by atoms with van der Waals surface area (Å²) in [7, 11) is 0. The van der Waals surface area contributed by atoms with Crippen LogP contribution in [0.2, 0.25) is 0 Å². The second-order valence-electron chi connectivity index (χ2n) is 5.83. The summed E-state index contributed by atoms with van der Waals surface area (Å²) in [5, 5.41) is 3.25. The molecule has 1 fully saturated rings. The summed E-state index contributed by atoms with van der Waals surface area (Å²) in [5.41, 5.74) is 5.95. The number of hydrogen-bond acceptors (Lipinski definition) is 6. The van der Waals surface area contributed by atoms with Crippen LogP contribution in [0.25, 0.3) is 10.2 Å². The van der Waals surface area contributed by atoms with Gasteiger partial charge in [0.05, 0.1) is 5.39 Å². The van der Waals surface area contributed by atoms with Crippen molar-refractivity contribution >= 4 is 27.4 Å². The first-order valence-electron chi connectivity index (χ1n) is 7.00. The number of thiophene rings is 1. The number of anilines is 1. The number of hydrogen-bond donors (Lipinski definition) is 1. The van der Waals surface area contributed by atoms with E-state index in [9.17, 15) is 0 Å². The van der Waals surface area contributed by atoms with Crippen LogP contribution in [0.5, 0.6) is 0 Å². The zero-order valence-corrected chi connectivity index (χ0v) is 12.9. The maximum absolute atomic E-state index is 5.87. The Kier molecular flexibility index (Phi) is 3.62. The molecule has 2 N–H and O–H groups in total. The van der Waals surface area contributed by atoms with Gasteiger partial charge in [-0.05, 0) is 25.3 Å². The molecule has 3 heterocycles. The lowest BCUT2D eigenvalue weighted by molar-refractivity contribution is 0.119. The number of piperazine rings is 1. The Morgan fingerprint density at radius 3 is 2.70 bits per heavy atom. The molecule has 1 saturated heterocycles. The largest absolute Gasteiger partial charge is 0.353 e. The van der Waals surface area contributed by atoms with Gasteiger partial charge in [0.2, 0.25) is 0 Å². The van der Waals surface area contributed by atoms with Crippen molar-refractivity contribution in [3.05, 3.63) is 17.8 Å².